The number of piperidine rings is 1. The van der Waals surface area contributed by atoms with Crippen LogP contribution in [0.3, 0.4) is 0 Å². The van der Waals surface area contributed by atoms with Crippen LogP contribution in [0.5, 0.6) is 0 Å². The number of nitrogens with one attached hydrogen (secondary N) is 2. The molecule has 28 heavy (non-hydrogen) atoms. The van der Waals surface area contributed by atoms with Crippen LogP contribution >= 0.6 is 11.3 Å². The van der Waals surface area contributed by atoms with E-state index in [0.29, 0.717) is 12.5 Å². The molecule has 2 aromatic heterocycles. The monoisotopic (exact) mass is 398 g/mol. The molecule has 1 unspecified atom stereocenters. The first kappa shape index (κ1) is 19.2. The van der Waals surface area contributed by atoms with Crippen molar-refractivity contribution >= 4 is 23.2 Å². The van der Waals surface area contributed by atoms with Crippen molar-refractivity contribution in [2.45, 2.75) is 57.5 Å². The predicted octanol–water partition coefficient (Wildman–Crippen LogP) is 4.86. The molecule has 2 fully saturated rings. The maximum Gasteiger partial charge on any atom is 0.315 e. The molecular formula is C22H30N4OS. The molecule has 1 saturated carbocycles. The maximum atomic E-state index is 12.5. The third kappa shape index (κ3) is 4.85. The summed E-state index contributed by atoms with van der Waals surface area (Å²) in [7, 11) is 0. The smallest absolute Gasteiger partial charge is 0.315 e. The molecule has 1 aliphatic heterocycles. The zero-order valence-corrected chi connectivity index (χ0v) is 17.2. The minimum atomic E-state index is -0.0922. The molecule has 150 valence electrons. The van der Waals surface area contributed by atoms with Gasteiger partial charge in [0.2, 0.25) is 0 Å². The molecule has 1 atom stereocenters. The third-order valence-electron chi connectivity index (χ3n) is 5.95. The van der Waals surface area contributed by atoms with Crippen molar-refractivity contribution in [2.24, 2.45) is 5.92 Å². The first-order valence-corrected chi connectivity index (χ1v) is 11.5. The molecule has 0 aromatic carbocycles. The van der Waals surface area contributed by atoms with Crippen LogP contribution in [0.1, 0.15) is 61.4 Å². The Labute approximate surface area is 171 Å². The number of urea groups is 1. The van der Waals surface area contributed by atoms with Crippen LogP contribution in [0.15, 0.2) is 35.8 Å². The first-order chi connectivity index (χ1) is 13.8. The minimum Gasteiger partial charge on any atom is -0.357 e. The zero-order chi connectivity index (χ0) is 19.2. The van der Waals surface area contributed by atoms with Gasteiger partial charge < -0.3 is 15.5 Å². The van der Waals surface area contributed by atoms with Crippen LogP contribution in [0, 0.1) is 5.92 Å². The lowest BCUT2D eigenvalue weighted by Gasteiger charge is -2.27. The summed E-state index contributed by atoms with van der Waals surface area (Å²) < 4.78 is 0. The van der Waals surface area contributed by atoms with Gasteiger partial charge in [-0.15, -0.1) is 11.3 Å². The second kappa shape index (κ2) is 9.41. The fraction of sp³-hybridized carbons (Fsp3) is 0.545. The van der Waals surface area contributed by atoms with Gasteiger partial charge in [-0.25, -0.2) is 9.78 Å². The Balaban J connectivity index is 1.30. The van der Waals surface area contributed by atoms with Gasteiger partial charge in [0.05, 0.1) is 6.04 Å². The van der Waals surface area contributed by atoms with E-state index < -0.39 is 0 Å². The Kier molecular flexibility index (Phi) is 6.47. The maximum absolute atomic E-state index is 12.5. The van der Waals surface area contributed by atoms with Gasteiger partial charge >= 0.3 is 6.03 Å². The van der Waals surface area contributed by atoms with Crippen molar-refractivity contribution < 1.29 is 4.79 Å². The van der Waals surface area contributed by atoms with Gasteiger partial charge in [0.25, 0.3) is 0 Å². The van der Waals surface area contributed by atoms with E-state index in [2.05, 4.69) is 50.2 Å². The van der Waals surface area contributed by atoms with E-state index in [1.54, 1.807) is 11.3 Å². The van der Waals surface area contributed by atoms with E-state index in [1.807, 2.05) is 6.20 Å². The summed E-state index contributed by atoms with van der Waals surface area (Å²) in [5, 5.41) is 8.33. The number of rotatable bonds is 6. The number of nitrogens with zero attached hydrogens (tertiary/aromatic N) is 2. The van der Waals surface area contributed by atoms with Crippen molar-refractivity contribution in [3.63, 3.8) is 0 Å². The van der Waals surface area contributed by atoms with Gasteiger partial charge in [-0.2, -0.15) is 0 Å². The largest absolute Gasteiger partial charge is 0.357 e. The lowest BCUT2D eigenvalue weighted by Crippen LogP contribution is -2.39. The molecule has 6 heteroatoms. The Hall–Kier alpha value is -2.08. The number of thiophene rings is 1. The van der Waals surface area contributed by atoms with Gasteiger partial charge in [0.1, 0.15) is 5.82 Å². The summed E-state index contributed by atoms with van der Waals surface area (Å²) in [6.07, 6.45) is 10.6. The predicted molar refractivity (Wildman–Crippen MR) is 115 cm³/mol. The average Bonchev–Trinajstić information content (AvgIpc) is 3.46. The van der Waals surface area contributed by atoms with E-state index in [9.17, 15) is 4.79 Å². The Bertz CT molecular complexity index is 734. The zero-order valence-electron chi connectivity index (χ0n) is 16.4. The van der Waals surface area contributed by atoms with Crippen molar-refractivity contribution in [3.8, 4) is 0 Å². The molecule has 5 nitrogen and oxygen atoms in total. The van der Waals surface area contributed by atoms with Gasteiger partial charge in [-0.3, -0.25) is 0 Å². The minimum absolute atomic E-state index is 0.0922. The first-order valence-electron chi connectivity index (χ1n) is 10.6. The van der Waals surface area contributed by atoms with E-state index in [4.69, 9.17) is 0 Å². The highest BCUT2D eigenvalue weighted by Gasteiger charge is 2.28. The molecule has 1 saturated heterocycles. The summed E-state index contributed by atoms with van der Waals surface area (Å²) in [6, 6.07) is 8.39. The number of hydrogen-bond donors (Lipinski definition) is 2. The molecular weight excluding hydrogens is 368 g/mol. The number of aromatic nitrogens is 1. The summed E-state index contributed by atoms with van der Waals surface area (Å²) >= 11 is 1.73. The van der Waals surface area contributed by atoms with Crippen molar-refractivity contribution in [3.05, 3.63) is 46.3 Å². The van der Waals surface area contributed by atoms with Crippen molar-refractivity contribution in [1.29, 1.82) is 0 Å². The fourth-order valence-electron chi connectivity index (χ4n) is 4.39. The quantitative estimate of drug-likeness (QED) is 0.730. The van der Waals surface area contributed by atoms with Crippen LogP contribution in [-0.4, -0.2) is 24.1 Å². The fourth-order valence-corrected chi connectivity index (χ4v) is 5.26. The third-order valence-corrected chi connectivity index (χ3v) is 6.91. The number of carbonyl (C=O) groups is 1. The second-order valence-electron chi connectivity index (χ2n) is 7.94. The summed E-state index contributed by atoms with van der Waals surface area (Å²) in [6.45, 7) is 2.69. The number of carbonyl (C=O) groups excluding carboxylic acids is 1. The van der Waals surface area contributed by atoms with Gasteiger partial charge in [0, 0.05) is 30.7 Å². The van der Waals surface area contributed by atoms with Crippen molar-refractivity contribution in [2.75, 3.05) is 18.0 Å². The van der Waals surface area contributed by atoms with Crippen molar-refractivity contribution in [1.82, 2.24) is 15.6 Å². The van der Waals surface area contributed by atoms with Crippen LogP contribution in [0.4, 0.5) is 10.6 Å². The van der Waals surface area contributed by atoms with E-state index in [1.165, 1.54) is 49.8 Å². The number of hydrogen-bond acceptors (Lipinski definition) is 4. The Morgan fingerprint density at radius 1 is 1.14 bits per heavy atom. The summed E-state index contributed by atoms with van der Waals surface area (Å²) in [5.41, 5.74) is 1.03. The van der Waals surface area contributed by atoms with Gasteiger partial charge in [-0.1, -0.05) is 25.0 Å². The molecule has 3 heterocycles. The SMILES string of the molecule is O=C(NCc1ccc(N2CCCCC2)nc1)NC(c1cccs1)C1CCCC1. The number of pyridine rings is 1. The molecule has 4 rings (SSSR count). The van der Waals surface area contributed by atoms with E-state index in [0.717, 1.165) is 24.5 Å². The molecule has 2 aliphatic rings. The van der Waals surface area contributed by atoms with Gasteiger partial charge in [0.15, 0.2) is 0 Å². The molecule has 0 radical (unpaired) electrons. The molecule has 2 amide bonds. The topological polar surface area (TPSA) is 57.3 Å². The van der Waals surface area contributed by atoms with Crippen LogP contribution in [0.25, 0.3) is 0 Å². The Morgan fingerprint density at radius 2 is 1.96 bits per heavy atom. The molecule has 2 N–H and O–H groups in total. The highest BCUT2D eigenvalue weighted by atomic mass is 32.1. The lowest BCUT2D eigenvalue weighted by atomic mass is 9.97. The summed E-state index contributed by atoms with van der Waals surface area (Å²) in [5.74, 6) is 1.60. The molecule has 0 spiro atoms. The van der Waals surface area contributed by atoms with E-state index >= 15 is 0 Å². The molecule has 1 aliphatic carbocycles. The normalized spacial score (nSPS) is 18.8. The molecule has 2 aromatic rings. The number of amides is 2. The number of anilines is 1. The average molecular weight is 399 g/mol. The van der Waals surface area contributed by atoms with Crippen LogP contribution in [-0.2, 0) is 6.54 Å². The van der Waals surface area contributed by atoms with Crippen LogP contribution < -0.4 is 15.5 Å². The Morgan fingerprint density at radius 3 is 2.64 bits per heavy atom. The highest BCUT2D eigenvalue weighted by molar-refractivity contribution is 7.10. The van der Waals surface area contributed by atoms with Crippen LogP contribution in [0.2, 0.25) is 0 Å². The summed E-state index contributed by atoms with van der Waals surface area (Å²) in [4.78, 5) is 20.8. The molecule has 0 bridgehead atoms. The van der Waals surface area contributed by atoms with Gasteiger partial charge in [-0.05, 0) is 61.1 Å². The standard InChI is InChI=1S/C22H30N4OS/c27-22(25-21(18-7-2-3-8-18)19-9-6-14-28-19)24-16-17-10-11-20(23-15-17)26-12-4-1-5-13-26/h6,9-11,14-15,18,21H,1-5,7-8,12-13,16H2,(H2,24,25,27). The highest BCUT2D eigenvalue weighted by Crippen LogP contribution is 2.37. The van der Waals surface area contributed by atoms with E-state index in [-0.39, 0.29) is 12.1 Å². The second-order valence-corrected chi connectivity index (χ2v) is 8.92. The lowest BCUT2D eigenvalue weighted by molar-refractivity contribution is 0.231.